The molecule has 1 N–H and O–H groups in total. The summed E-state index contributed by atoms with van der Waals surface area (Å²) in [4.78, 5) is 2.51. The van der Waals surface area contributed by atoms with Crippen molar-refractivity contribution in [3.05, 3.63) is 28.2 Å². The van der Waals surface area contributed by atoms with Gasteiger partial charge in [0.2, 0.25) is 0 Å². The van der Waals surface area contributed by atoms with E-state index in [1.807, 2.05) is 0 Å². The molecule has 1 rings (SSSR count). The van der Waals surface area contributed by atoms with Crippen molar-refractivity contribution in [2.75, 3.05) is 18.0 Å². The molecule has 0 saturated heterocycles. The second-order valence-corrected chi connectivity index (χ2v) is 7.01. The van der Waals surface area contributed by atoms with Crippen LogP contribution < -0.4 is 10.2 Å². The first-order valence-electron chi connectivity index (χ1n) is 7.71. The summed E-state index contributed by atoms with van der Waals surface area (Å²) in [7, 11) is 0. The average Bonchev–Trinajstić information content (AvgIpc) is 2.37. The summed E-state index contributed by atoms with van der Waals surface area (Å²) in [6, 6.07) is 7.14. The van der Waals surface area contributed by atoms with Crippen LogP contribution in [0.2, 0.25) is 0 Å². The number of halogens is 1. The Morgan fingerprint density at radius 1 is 1.20 bits per heavy atom. The fourth-order valence-corrected chi connectivity index (χ4v) is 2.68. The van der Waals surface area contributed by atoms with Crippen molar-refractivity contribution in [1.82, 2.24) is 5.32 Å². The van der Waals surface area contributed by atoms with E-state index >= 15 is 0 Å². The highest BCUT2D eigenvalue weighted by Crippen LogP contribution is 2.27. The Labute approximate surface area is 133 Å². The fourth-order valence-electron chi connectivity index (χ4n) is 2.33. The number of rotatable bonds is 8. The van der Waals surface area contributed by atoms with Crippen molar-refractivity contribution >= 4 is 21.6 Å². The van der Waals surface area contributed by atoms with Gasteiger partial charge >= 0.3 is 0 Å². The number of benzene rings is 1. The van der Waals surface area contributed by atoms with Gasteiger partial charge in [-0.05, 0) is 50.4 Å². The van der Waals surface area contributed by atoms with E-state index in [9.17, 15) is 0 Å². The molecule has 0 aliphatic heterocycles. The first-order chi connectivity index (χ1) is 9.45. The highest BCUT2D eigenvalue weighted by atomic mass is 79.9. The predicted molar refractivity (Wildman–Crippen MR) is 93.5 cm³/mol. The summed E-state index contributed by atoms with van der Waals surface area (Å²) < 4.78 is 1.15. The maximum absolute atomic E-state index is 3.61. The molecule has 0 bridgehead atoms. The highest BCUT2D eigenvalue weighted by molar-refractivity contribution is 9.10. The molecule has 0 atom stereocenters. The minimum atomic E-state index is 0.511. The van der Waals surface area contributed by atoms with Crippen LogP contribution in [0.25, 0.3) is 0 Å². The molecule has 0 aromatic heterocycles. The van der Waals surface area contributed by atoms with Crippen molar-refractivity contribution in [2.24, 2.45) is 5.92 Å². The Kier molecular flexibility index (Phi) is 7.60. The second-order valence-electron chi connectivity index (χ2n) is 6.09. The van der Waals surface area contributed by atoms with Crippen LogP contribution in [0.15, 0.2) is 22.7 Å². The number of anilines is 1. The van der Waals surface area contributed by atoms with Crippen LogP contribution in [0.3, 0.4) is 0 Å². The van der Waals surface area contributed by atoms with Gasteiger partial charge in [-0.25, -0.2) is 0 Å². The number of hydrogen-bond acceptors (Lipinski definition) is 2. The molecule has 0 unspecified atom stereocenters. The molecule has 0 amide bonds. The zero-order valence-electron chi connectivity index (χ0n) is 13.5. The van der Waals surface area contributed by atoms with Crippen molar-refractivity contribution in [3.63, 3.8) is 0 Å². The average molecular weight is 341 g/mol. The summed E-state index contributed by atoms with van der Waals surface area (Å²) in [5, 5.41) is 3.52. The zero-order valence-corrected chi connectivity index (χ0v) is 15.1. The van der Waals surface area contributed by atoms with Crippen molar-refractivity contribution in [3.8, 4) is 0 Å². The summed E-state index contributed by atoms with van der Waals surface area (Å²) in [6.07, 6.45) is 1.17. The molecule has 0 spiro atoms. The van der Waals surface area contributed by atoms with E-state index in [1.54, 1.807) is 0 Å². The Morgan fingerprint density at radius 3 is 2.45 bits per heavy atom. The first kappa shape index (κ1) is 17.5. The molecule has 0 aliphatic rings. The van der Waals surface area contributed by atoms with Gasteiger partial charge in [0.15, 0.2) is 0 Å². The lowest BCUT2D eigenvalue weighted by atomic mass is 10.1. The van der Waals surface area contributed by atoms with Crippen LogP contribution in [0.4, 0.5) is 5.69 Å². The van der Waals surface area contributed by atoms with Gasteiger partial charge in [0.1, 0.15) is 0 Å². The van der Waals surface area contributed by atoms with Crippen LogP contribution >= 0.6 is 15.9 Å². The summed E-state index contributed by atoms with van der Waals surface area (Å²) >= 11 is 3.61. The zero-order chi connectivity index (χ0) is 15.1. The molecule has 0 heterocycles. The summed E-state index contributed by atoms with van der Waals surface area (Å²) in [5.74, 6) is 0.660. The van der Waals surface area contributed by atoms with E-state index in [1.165, 1.54) is 17.7 Å². The van der Waals surface area contributed by atoms with Crippen LogP contribution in [-0.4, -0.2) is 19.1 Å². The minimum absolute atomic E-state index is 0.511. The highest BCUT2D eigenvalue weighted by Gasteiger charge is 2.16. The Balaban J connectivity index is 3.00. The topological polar surface area (TPSA) is 15.3 Å². The van der Waals surface area contributed by atoms with E-state index in [4.69, 9.17) is 0 Å². The molecule has 3 heteroatoms. The number of nitrogens with zero attached hydrogens (tertiary/aromatic N) is 1. The van der Waals surface area contributed by atoms with Crippen molar-refractivity contribution < 1.29 is 0 Å². The molecule has 1 aromatic rings. The van der Waals surface area contributed by atoms with Gasteiger partial charge in [0, 0.05) is 29.3 Å². The number of hydrogen-bond donors (Lipinski definition) is 1. The molecule has 0 fully saturated rings. The molecule has 20 heavy (non-hydrogen) atoms. The van der Waals surface area contributed by atoms with Crippen molar-refractivity contribution in [1.29, 1.82) is 0 Å². The predicted octanol–water partition coefficient (Wildman–Crippen LogP) is 4.82. The maximum atomic E-state index is 3.61. The maximum Gasteiger partial charge on any atom is 0.0425 e. The molecule has 2 nitrogen and oxygen atoms in total. The second kappa shape index (κ2) is 8.68. The van der Waals surface area contributed by atoms with Gasteiger partial charge in [0.05, 0.1) is 0 Å². The third kappa shape index (κ3) is 5.45. The molecule has 1 aromatic carbocycles. The van der Waals surface area contributed by atoms with Gasteiger partial charge < -0.3 is 10.2 Å². The van der Waals surface area contributed by atoms with Crippen LogP contribution in [0, 0.1) is 5.92 Å². The lowest BCUT2D eigenvalue weighted by Gasteiger charge is -2.33. The van der Waals surface area contributed by atoms with E-state index in [-0.39, 0.29) is 0 Å². The van der Waals surface area contributed by atoms with Gasteiger partial charge in [-0.1, -0.05) is 42.8 Å². The molecule has 0 aliphatic carbocycles. The SMILES string of the molecule is CCCNCc1ccc(Br)cc1N(CC(C)C)C(C)C. The molecule has 0 saturated carbocycles. The Bertz CT molecular complexity index is 402. The van der Waals surface area contributed by atoms with E-state index in [2.05, 4.69) is 79.0 Å². The van der Waals surface area contributed by atoms with E-state index in [0.717, 1.165) is 24.1 Å². The monoisotopic (exact) mass is 340 g/mol. The van der Waals surface area contributed by atoms with E-state index in [0.29, 0.717) is 12.0 Å². The van der Waals surface area contributed by atoms with Crippen molar-refractivity contribution in [2.45, 2.75) is 53.6 Å². The quantitative estimate of drug-likeness (QED) is 0.682. The lowest BCUT2D eigenvalue weighted by Crippen LogP contribution is -2.35. The minimum Gasteiger partial charge on any atom is -0.369 e. The third-order valence-electron chi connectivity index (χ3n) is 3.28. The molecular formula is C17H29BrN2. The number of nitrogens with one attached hydrogen (secondary N) is 1. The van der Waals surface area contributed by atoms with Crippen LogP contribution in [-0.2, 0) is 6.54 Å². The Hall–Kier alpha value is -0.540. The normalized spacial score (nSPS) is 11.4. The smallest absolute Gasteiger partial charge is 0.0425 e. The van der Waals surface area contributed by atoms with E-state index < -0.39 is 0 Å². The van der Waals surface area contributed by atoms with Gasteiger partial charge in [-0.2, -0.15) is 0 Å². The first-order valence-corrected chi connectivity index (χ1v) is 8.50. The Morgan fingerprint density at radius 2 is 1.90 bits per heavy atom. The fraction of sp³-hybridized carbons (Fsp3) is 0.647. The van der Waals surface area contributed by atoms with Crippen LogP contribution in [0.1, 0.15) is 46.6 Å². The lowest BCUT2D eigenvalue weighted by molar-refractivity contribution is 0.567. The van der Waals surface area contributed by atoms with Gasteiger partial charge in [0.25, 0.3) is 0 Å². The third-order valence-corrected chi connectivity index (χ3v) is 3.78. The molecular weight excluding hydrogens is 312 g/mol. The largest absolute Gasteiger partial charge is 0.369 e. The molecule has 0 radical (unpaired) electrons. The van der Waals surface area contributed by atoms with Crippen LogP contribution in [0.5, 0.6) is 0 Å². The van der Waals surface area contributed by atoms with Gasteiger partial charge in [-0.3, -0.25) is 0 Å². The summed E-state index contributed by atoms with van der Waals surface area (Å²) in [6.45, 7) is 14.4. The standard InChI is InChI=1S/C17H29BrN2/c1-6-9-19-11-15-7-8-16(18)10-17(15)20(14(4)5)12-13(2)3/h7-8,10,13-14,19H,6,9,11-12H2,1-5H3. The molecule has 114 valence electrons. The van der Waals surface area contributed by atoms with Gasteiger partial charge in [-0.15, -0.1) is 0 Å². The summed E-state index contributed by atoms with van der Waals surface area (Å²) in [5.41, 5.74) is 2.74.